The molecule has 0 heterocycles. The zero-order chi connectivity index (χ0) is 15.6. The molecule has 0 aliphatic heterocycles. The number of halogens is 2. The molecule has 6 nitrogen and oxygen atoms in total. The van der Waals surface area contributed by atoms with E-state index in [1.807, 2.05) is 0 Å². The second kappa shape index (κ2) is 7.61. The van der Waals surface area contributed by atoms with E-state index in [4.69, 9.17) is 17.3 Å². The number of sulfonamides is 1. The molecule has 0 radical (unpaired) electrons. The van der Waals surface area contributed by atoms with Crippen LogP contribution in [0.2, 0.25) is 5.02 Å². The molecular weight excluding hydrogens is 351 g/mol. The van der Waals surface area contributed by atoms with Gasteiger partial charge in [-0.1, -0.05) is 11.6 Å². The third-order valence-electron chi connectivity index (χ3n) is 3.38. The molecule has 9 heteroatoms. The van der Waals surface area contributed by atoms with Crippen LogP contribution in [0.5, 0.6) is 0 Å². The van der Waals surface area contributed by atoms with E-state index in [1.54, 1.807) is 0 Å². The molecule has 1 fully saturated rings. The minimum Gasteiger partial charge on any atom is -0.465 e. The summed E-state index contributed by atoms with van der Waals surface area (Å²) in [5, 5.41) is 0.217. The van der Waals surface area contributed by atoms with Crippen LogP contribution < -0.4 is 10.5 Å². The quantitative estimate of drug-likeness (QED) is 0.742. The monoisotopic (exact) mass is 368 g/mol. The lowest BCUT2D eigenvalue weighted by atomic mass is 10.2. The van der Waals surface area contributed by atoms with Gasteiger partial charge in [-0.05, 0) is 37.0 Å². The maximum absolute atomic E-state index is 12.3. The third-order valence-corrected chi connectivity index (χ3v) is 5.07. The third kappa shape index (κ3) is 4.57. The summed E-state index contributed by atoms with van der Waals surface area (Å²) in [5.74, 6) is -0.370. The summed E-state index contributed by atoms with van der Waals surface area (Å²) < 4.78 is 31.7. The number of benzene rings is 1. The second-order valence-corrected chi connectivity index (χ2v) is 7.16. The van der Waals surface area contributed by atoms with Crippen LogP contribution in [-0.2, 0) is 14.8 Å². The molecule has 0 bridgehead atoms. The van der Waals surface area contributed by atoms with E-state index in [2.05, 4.69) is 9.46 Å². The highest BCUT2D eigenvalue weighted by molar-refractivity contribution is 7.89. The van der Waals surface area contributed by atoms with E-state index in [1.165, 1.54) is 25.3 Å². The molecule has 0 saturated heterocycles. The number of nitrogens with two attached hydrogens (primary N) is 1. The number of carbonyl (C=O) groups excluding carboxylic acids is 1. The minimum absolute atomic E-state index is 0. The van der Waals surface area contributed by atoms with Gasteiger partial charge < -0.3 is 10.5 Å². The number of methoxy groups -OCH3 is 1. The molecule has 1 aromatic carbocycles. The first kappa shape index (κ1) is 19.2. The first-order chi connectivity index (χ1) is 9.85. The second-order valence-electron chi connectivity index (χ2n) is 4.99. The van der Waals surface area contributed by atoms with Gasteiger partial charge in [0.05, 0.1) is 17.6 Å². The van der Waals surface area contributed by atoms with E-state index in [9.17, 15) is 13.2 Å². The number of carbonyl (C=O) groups is 1. The Hall–Kier alpha value is -0.860. The molecule has 0 amide bonds. The van der Waals surface area contributed by atoms with E-state index < -0.39 is 16.0 Å². The molecular formula is C13H18Cl2N2O4S. The van der Waals surface area contributed by atoms with Crippen LogP contribution in [0, 0.1) is 5.92 Å². The fraction of sp³-hybridized carbons (Fsp3) is 0.462. The van der Waals surface area contributed by atoms with Gasteiger partial charge in [-0.2, -0.15) is 0 Å². The molecule has 0 aromatic heterocycles. The van der Waals surface area contributed by atoms with Gasteiger partial charge in [0.2, 0.25) is 10.0 Å². The van der Waals surface area contributed by atoms with Crippen molar-refractivity contribution < 1.29 is 17.9 Å². The fourth-order valence-electron chi connectivity index (χ4n) is 1.97. The zero-order valence-electron chi connectivity index (χ0n) is 11.9. The highest BCUT2D eigenvalue weighted by Gasteiger charge is 2.30. The molecule has 1 aliphatic carbocycles. The average molecular weight is 369 g/mol. The standard InChI is InChI=1S/C13H17ClN2O4S.ClH/c1-20-13(17)10-5-4-9(14)6-12(10)21(18,19)16-7-11(15)8-2-3-8;/h4-6,8,11,16H,2-3,7,15H2,1H3;1H. The summed E-state index contributed by atoms with van der Waals surface area (Å²) in [6, 6.07) is 3.76. The molecule has 1 atom stereocenters. The molecule has 1 aromatic rings. The highest BCUT2D eigenvalue weighted by atomic mass is 35.5. The summed E-state index contributed by atoms with van der Waals surface area (Å²) in [6.07, 6.45) is 2.04. The summed E-state index contributed by atoms with van der Waals surface area (Å²) in [4.78, 5) is 11.5. The Kier molecular flexibility index (Phi) is 6.64. The molecule has 3 N–H and O–H groups in total. The smallest absolute Gasteiger partial charge is 0.339 e. The number of nitrogens with one attached hydrogen (secondary N) is 1. The number of rotatable bonds is 6. The largest absolute Gasteiger partial charge is 0.465 e. The molecule has 0 spiro atoms. The van der Waals surface area contributed by atoms with Crippen LogP contribution in [0.25, 0.3) is 0 Å². The molecule has 1 saturated carbocycles. The van der Waals surface area contributed by atoms with Gasteiger partial charge in [0.25, 0.3) is 0 Å². The topological polar surface area (TPSA) is 98.5 Å². The summed E-state index contributed by atoms with van der Waals surface area (Å²) in [7, 11) is -2.70. The Balaban J connectivity index is 0.00000242. The van der Waals surface area contributed by atoms with Gasteiger partial charge in [-0.3, -0.25) is 0 Å². The molecule has 1 aliphatic rings. The van der Waals surface area contributed by atoms with Crippen molar-refractivity contribution in [1.29, 1.82) is 0 Å². The Labute approximate surface area is 140 Å². The van der Waals surface area contributed by atoms with Gasteiger partial charge in [0, 0.05) is 17.6 Å². The fourth-order valence-corrected chi connectivity index (χ4v) is 3.50. The van der Waals surface area contributed by atoms with Crippen molar-refractivity contribution in [3.05, 3.63) is 28.8 Å². The number of hydrogen-bond donors (Lipinski definition) is 2. The highest BCUT2D eigenvalue weighted by Crippen LogP contribution is 2.31. The van der Waals surface area contributed by atoms with Crippen molar-refractivity contribution in [3.8, 4) is 0 Å². The lowest BCUT2D eigenvalue weighted by Crippen LogP contribution is -2.39. The number of ether oxygens (including phenoxy) is 1. The summed E-state index contributed by atoms with van der Waals surface area (Å²) >= 11 is 5.82. The average Bonchev–Trinajstić information content (AvgIpc) is 3.28. The van der Waals surface area contributed by atoms with Crippen molar-refractivity contribution in [2.24, 2.45) is 11.7 Å². The summed E-state index contributed by atoms with van der Waals surface area (Å²) in [5.41, 5.74) is 5.81. The number of esters is 1. The Bertz CT molecular complexity index is 647. The van der Waals surface area contributed by atoms with E-state index in [-0.39, 0.29) is 40.5 Å². The van der Waals surface area contributed by atoms with Gasteiger partial charge >= 0.3 is 5.97 Å². The van der Waals surface area contributed by atoms with Crippen LogP contribution >= 0.6 is 24.0 Å². The van der Waals surface area contributed by atoms with Crippen molar-refractivity contribution in [3.63, 3.8) is 0 Å². The van der Waals surface area contributed by atoms with E-state index in [0.717, 1.165) is 12.8 Å². The normalized spacial score (nSPS) is 15.8. The van der Waals surface area contributed by atoms with E-state index >= 15 is 0 Å². The first-order valence-electron chi connectivity index (χ1n) is 6.48. The molecule has 22 heavy (non-hydrogen) atoms. The van der Waals surface area contributed by atoms with Crippen molar-refractivity contribution in [2.45, 2.75) is 23.8 Å². The van der Waals surface area contributed by atoms with Crippen LogP contribution in [-0.4, -0.2) is 34.1 Å². The lowest BCUT2D eigenvalue weighted by Gasteiger charge is -2.14. The first-order valence-corrected chi connectivity index (χ1v) is 8.34. The predicted molar refractivity (Wildman–Crippen MR) is 85.9 cm³/mol. The van der Waals surface area contributed by atoms with Crippen molar-refractivity contribution in [2.75, 3.05) is 13.7 Å². The van der Waals surface area contributed by atoms with Gasteiger partial charge in [-0.15, -0.1) is 12.4 Å². The van der Waals surface area contributed by atoms with Crippen LogP contribution in [0.3, 0.4) is 0 Å². The lowest BCUT2D eigenvalue weighted by molar-refractivity contribution is 0.0596. The zero-order valence-corrected chi connectivity index (χ0v) is 14.3. The SMILES string of the molecule is COC(=O)c1ccc(Cl)cc1S(=O)(=O)NCC(N)C1CC1.Cl. The number of hydrogen-bond acceptors (Lipinski definition) is 5. The molecule has 1 unspecified atom stereocenters. The van der Waals surface area contributed by atoms with Crippen molar-refractivity contribution in [1.82, 2.24) is 4.72 Å². The molecule has 2 rings (SSSR count). The van der Waals surface area contributed by atoms with Gasteiger partial charge in [-0.25, -0.2) is 17.9 Å². The van der Waals surface area contributed by atoms with E-state index in [0.29, 0.717) is 5.92 Å². The maximum Gasteiger partial charge on any atom is 0.339 e. The van der Waals surface area contributed by atoms with Gasteiger partial charge in [0.15, 0.2) is 0 Å². The minimum atomic E-state index is -3.88. The summed E-state index contributed by atoms with van der Waals surface area (Å²) in [6.45, 7) is 0.125. The maximum atomic E-state index is 12.3. The van der Waals surface area contributed by atoms with Crippen molar-refractivity contribution >= 4 is 40.0 Å². The molecule has 124 valence electrons. The van der Waals surface area contributed by atoms with Gasteiger partial charge in [0.1, 0.15) is 0 Å². The Morgan fingerprint density at radius 1 is 1.50 bits per heavy atom. The van der Waals surface area contributed by atoms with Crippen LogP contribution in [0.1, 0.15) is 23.2 Å². The van der Waals surface area contributed by atoms with Crippen LogP contribution in [0.4, 0.5) is 0 Å². The Morgan fingerprint density at radius 2 is 2.14 bits per heavy atom. The predicted octanol–water partition coefficient (Wildman–Crippen LogP) is 1.56. The Morgan fingerprint density at radius 3 is 2.68 bits per heavy atom. The van der Waals surface area contributed by atoms with Crippen LogP contribution in [0.15, 0.2) is 23.1 Å².